The molecule has 0 spiro atoms. The van der Waals surface area contributed by atoms with Crippen LogP contribution < -0.4 is 4.72 Å². The highest BCUT2D eigenvalue weighted by Crippen LogP contribution is 2.25. The van der Waals surface area contributed by atoms with Crippen molar-refractivity contribution in [3.8, 4) is 6.07 Å². The third-order valence-corrected chi connectivity index (χ3v) is 5.51. The third-order valence-electron chi connectivity index (χ3n) is 3.78. The summed E-state index contributed by atoms with van der Waals surface area (Å²) in [5, 5.41) is 18.8. The summed E-state index contributed by atoms with van der Waals surface area (Å²) in [7, 11) is -3.69. The van der Waals surface area contributed by atoms with Crippen LogP contribution in [0.25, 0.3) is 0 Å². The average molecular weight is 329 g/mol. The van der Waals surface area contributed by atoms with E-state index in [1.807, 2.05) is 6.07 Å². The Hall–Kier alpha value is -1.13. The first-order chi connectivity index (χ1) is 9.94. The van der Waals surface area contributed by atoms with Crippen LogP contribution in [0.15, 0.2) is 23.1 Å². The molecule has 1 aromatic carbocycles. The van der Waals surface area contributed by atoms with Crippen molar-refractivity contribution < 1.29 is 13.5 Å². The SMILES string of the molecule is N#Cc1ccc(S(=O)(=O)NCC2CCCCC2O)cc1Cl. The van der Waals surface area contributed by atoms with Gasteiger partial charge in [0.25, 0.3) is 0 Å². The number of hydrogen-bond acceptors (Lipinski definition) is 4. The number of nitrogens with one attached hydrogen (secondary N) is 1. The molecule has 2 unspecified atom stereocenters. The highest BCUT2D eigenvalue weighted by Gasteiger charge is 2.25. The summed E-state index contributed by atoms with van der Waals surface area (Å²) in [6.45, 7) is 0.209. The van der Waals surface area contributed by atoms with Crippen molar-refractivity contribution >= 4 is 21.6 Å². The smallest absolute Gasteiger partial charge is 0.240 e. The van der Waals surface area contributed by atoms with Crippen LogP contribution >= 0.6 is 11.6 Å². The van der Waals surface area contributed by atoms with Crippen LogP contribution in [0.2, 0.25) is 5.02 Å². The number of halogens is 1. The van der Waals surface area contributed by atoms with Gasteiger partial charge in [0.1, 0.15) is 6.07 Å². The Kier molecular flexibility index (Phi) is 5.22. The van der Waals surface area contributed by atoms with Crippen LogP contribution in [-0.4, -0.2) is 26.2 Å². The number of benzene rings is 1. The van der Waals surface area contributed by atoms with Gasteiger partial charge in [-0.15, -0.1) is 0 Å². The maximum Gasteiger partial charge on any atom is 0.240 e. The first kappa shape index (κ1) is 16.2. The Bertz CT molecular complexity index is 655. The normalized spacial score (nSPS) is 22.7. The Morgan fingerprint density at radius 1 is 1.38 bits per heavy atom. The minimum atomic E-state index is -3.69. The van der Waals surface area contributed by atoms with Crippen LogP contribution in [0, 0.1) is 17.2 Å². The minimum Gasteiger partial charge on any atom is -0.393 e. The molecule has 1 aliphatic rings. The van der Waals surface area contributed by atoms with E-state index in [9.17, 15) is 13.5 Å². The second-order valence-corrected chi connectivity index (χ2v) is 7.39. The molecule has 0 amide bonds. The van der Waals surface area contributed by atoms with Crippen LogP contribution in [0.4, 0.5) is 0 Å². The van der Waals surface area contributed by atoms with Gasteiger partial charge in [0.15, 0.2) is 0 Å². The summed E-state index contributed by atoms with van der Waals surface area (Å²) >= 11 is 5.85. The van der Waals surface area contributed by atoms with Gasteiger partial charge >= 0.3 is 0 Å². The third kappa shape index (κ3) is 3.95. The number of sulfonamides is 1. The van der Waals surface area contributed by atoms with Gasteiger partial charge < -0.3 is 5.11 Å². The molecule has 2 atom stereocenters. The van der Waals surface area contributed by atoms with E-state index in [0.717, 1.165) is 25.7 Å². The molecule has 0 saturated heterocycles. The fraction of sp³-hybridized carbons (Fsp3) is 0.500. The van der Waals surface area contributed by atoms with Crippen molar-refractivity contribution in [3.05, 3.63) is 28.8 Å². The average Bonchev–Trinajstić information content (AvgIpc) is 2.46. The lowest BCUT2D eigenvalue weighted by Crippen LogP contribution is -2.36. The predicted octanol–water partition coefficient (Wildman–Crippen LogP) is 2.04. The van der Waals surface area contributed by atoms with Gasteiger partial charge in [-0.1, -0.05) is 24.4 Å². The zero-order chi connectivity index (χ0) is 15.5. The first-order valence-electron chi connectivity index (χ1n) is 6.81. The molecule has 1 aromatic rings. The molecule has 0 heterocycles. The molecular weight excluding hydrogens is 312 g/mol. The molecular formula is C14H17ClN2O3S. The van der Waals surface area contributed by atoms with E-state index >= 15 is 0 Å². The lowest BCUT2D eigenvalue weighted by molar-refractivity contribution is 0.0724. The van der Waals surface area contributed by atoms with Crippen LogP contribution in [0.1, 0.15) is 31.2 Å². The van der Waals surface area contributed by atoms with E-state index in [2.05, 4.69) is 4.72 Å². The quantitative estimate of drug-likeness (QED) is 0.885. The van der Waals surface area contributed by atoms with E-state index in [1.165, 1.54) is 18.2 Å². The van der Waals surface area contributed by atoms with E-state index in [4.69, 9.17) is 16.9 Å². The molecule has 21 heavy (non-hydrogen) atoms. The van der Waals surface area contributed by atoms with Gasteiger partial charge in [-0.2, -0.15) is 5.26 Å². The standard InChI is InChI=1S/C14H17ClN2O3S/c15-13-7-12(6-5-10(13)8-16)21(19,20)17-9-11-3-1-2-4-14(11)18/h5-7,11,14,17-18H,1-4,9H2. The Balaban J connectivity index is 2.08. The Labute approximate surface area is 129 Å². The van der Waals surface area contributed by atoms with E-state index in [0.29, 0.717) is 0 Å². The Morgan fingerprint density at radius 2 is 2.10 bits per heavy atom. The Morgan fingerprint density at radius 3 is 2.71 bits per heavy atom. The number of nitriles is 1. The van der Waals surface area contributed by atoms with Crippen molar-refractivity contribution in [1.82, 2.24) is 4.72 Å². The van der Waals surface area contributed by atoms with Crippen LogP contribution in [-0.2, 0) is 10.0 Å². The number of rotatable bonds is 4. The van der Waals surface area contributed by atoms with E-state index < -0.39 is 16.1 Å². The maximum atomic E-state index is 12.2. The van der Waals surface area contributed by atoms with Crippen molar-refractivity contribution in [2.75, 3.05) is 6.54 Å². The largest absolute Gasteiger partial charge is 0.393 e. The molecule has 2 N–H and O–H groups in total. The fourth-order valence-corrected chi connectivity index (χ4v) is 3.89. The summed E-state index contributed by atoms with van der Waals surface area (Å²) in [5.41, 5.74) is 0.235. The van der Waals surface area contributed by atoms with Gasteiger partial charge in [0.2, 0.25) is 10.0 Å². The molecule has 0 aliphatic heterocycles. The maximum absolute atomic E-state index is 12.2. The molecule has 1 saturated carbocycles. The lowest BCUT2D eigenvalue weighted by atomic mass is 9.87. The monoisotopic (exact) mass is 328 g/mol. The summed E-state index contributed by atoms with van der Waals surface area (Å²) < 4.78 is 26.9. The van der Waals surface area contributed by atoms with E-state index in [1.54, 1.807) is 0 Å². The zero-order valence-corrected chi connectivity index (χ0v) is 13.0. The molecule has 1 aliphatic carbocycles. The number of aliphatic hydroxyl groups is 1. The highest BCUT2D eigenvalue weighted by molar-refractivity contribution is 7.89. The van der Waals surface area contributed by atoms with Gasteiger partial charge in [0, 0.05) is 6.54 Å². The fourth-order valence-electron chi connectivity index (χ4n) is 2.48. The molecule has 0 radical (unpaired) electrons. The van der Waals surface area contributed by atoms with Gasteiger partial charge in [-0.3, -0.25) is 0 Å². The van der Waals surface area contributed by atoms with Crippen molar-refractivity contribution in [2.24, 2.45) is 5.92 Å². The lowest BCUT2D eigenvalue weighted by Gasteiger charge is -2.27. The van der Waals surface area contributed by atoms with Crippen molar-refractivity contribution in [1.29, 1.82) is 5.26 Å². The summed E-state index contributed by atoms with van der Waals surface area (Å²) in [6.07, 6.45) is 3.07. The molecule has 0 aromatic heterocycles. The van der Waals surface area contributed by atoms with Crippen LogP contribution in [0.3, 0.4) is 0 Å². The highest BCUT2D eigenvalue weighted by atomic mass is 35.5. The summed E-state index contributed by atoms with van der Waals surface area (Å²) in [4.78, 5) is 0.0248. The molecule has 1 fully saturated rings. The molecule has 0 bridgehead atoms. The number of aliphatic hydroxyl groups excluding tert-OH is 1. The zero-order valence-electron chi connectivity index (χ0n) is 11.4. The summed E-state index contributed by atoms with van der Waals surface area (Å²) in [5.74, 6) is -0.0534. The molecule has 114 valence electrons. The molecule has 2 rings (SSSR count). The van der Waals surface area contributed by atoms with Gasteiger partial charge in [0.05, 0.1) is 21.6 Å². The minimum absolute atomic E-state index is 0.0248. The van der Waals surface area contributed by atoms with Gasteiger partial charge in [-0.25, -0.2) is 13.1 Å². The first-order valence-corrected chi connectivity index (χ1v) is 8.67. The van der Waals surface area contributed by atoms with Gasteiger partial charge in [-0.05, 0) is 37.0 Å². The van der Waals surface area contributed by atoms with Crippen molar-refractivity contribution in [2.45, 2.75) is 36.7 Å². The number of hydrogen-bond donors (Lipinski definition) is 2. The van der Waals surface area contributed by atoms with E-state index in [-0.39, 0.29) is 27.9 Å². The second kappa shape index (κ2) is 6.75. The van der Waals surface area contributed by atoms with Crippen LogP contribution in [0.5, 0.6) is 0 Å². The second-order valence-electron chi connectivity index (χ2n) is 5.22. The summed E-state index contributed by atoms with van der Waals surface area (Å²) in [6, 6.07) is 5.88. The topological polar surface area (TPSA) is 90.2 Å². The van der Waals surface area contributed by atoms with Crippen molar-refractivity contribution in [3.63, 3.8) is 0 Å². The molecule has 5 nitrogen and oxygen atoms in total. The number of nitrogens with zero attached hydrogens (tertiary/aromatic N) is 1. The predicted molar refractivity (Wildman–Crippen MR) is 79.3 cm³/mol. The molecule has 7 heteroatoms.